The Balaban J connectivity index is 2.58. The van der Waals surface area contributed by atoms with Crippen molar-refractivity contribution in [1.29, 1.82) is 0 Å². The van der Waals surface area contributed by atoms with E-state index >= 15 is 0 Å². The lowest BCUT2D eigenvalue weighted by atomic mass is 10.0. The lowest BCUT2D eigenvalue weighted by Crippen LogP contribution is -1.87. The van der Waals surface area contributed by atoms with Crippen LogP contribution in [-0.2, 0) is 6.42 Å². The van der Waals surface area contributed by atoms with Crippen LogP contribution in [0.15, 0.2) is 30.5 Å². The van der Waals surface area contributed by atoms with Crippen LogP contribution in [0.4, 0.5) is 0 Å². The van der Waals surface area contributed by atoms with Crippen molar-refractivity contribution >= 4 is 11.6 Å². The molecule has 0 saturated heterocycles. The van der Waals surface area contributed by atoms with Gasteiger partial charge in [0.15, 0.2) is 0 Å². The molecule has 0 bridgehead atoms. The van der Waals surface area contributed by atoms with Crippen LogP contribution in [0.1, 0.15) is 18.2 Å². The van der Waals surface area contributed by atoms with Crippen LogP contribution < -0.4 is 0 Å². The zero-order valence-corrected chi connectivity index (χ0v) is 9.73. The predicted octanol–water partition coefficient (Wildman–Crippen LogP) is 4.21. The summed E-state index contributed by atoms with van der Waals surface area (Å²) in [5, 5.41) is 0.791. The number of benzene rings is 1. The van der Waals surface area contributed by atoms with Crippen LogP contribution in [0.2, 0.25) is 5.02 Å². The van der Waals surface area contributed by atoms with E-state index in [1.807, 2.05) is 18.3 Å². The topological polar surface area (TPSA) is 15.8 Å². The Kier molecular flexibility index (Phi) is 2.83. The van der Waals surface area contributed by atoms with Crippen molar-refractivity contribution in [2.45, 2.75) is 20.3 Å². The third kappa shape index (κ3) is 1.93. The number of aromatic amines is 1. The Bertz CT molecular complexity index is 471. The molecule has 0 unspecified atom stereocenters. The Hall–Kier alpha value is -1.21. The van der Waals surface area contributed by atoms with E-state index in [9.17, 15) is 0 Å². The quantitative estimate of drug-likeness (QED) is 0.779. The second-order valence-corrected chi connectivity index (χ2v) is 4.12. The standard InChI is InChI=1S/C13H14ClN/c1-3-13-11(6-7-15-13)12-8-10(14)5-4-9(12)2/h4-8,15H,3H2,1-2H3. The average molecular weight is 220 g/mol. The number of aromatic nitrogens is 1. The Morgan fingerprint density at radius 1 is 1.20 bits per heavy atom. The summed E-state index contributed by atoms with van der Waals surface area (Å²) in [5.74, 6) is 0. The maximum atomic E-state index is 6.02. The smallest absolute Gasteiger partial charge is 0.0412 e. The Morgan fingerprint density at radius 2 is 2.00 bits per heavy atom. The van der Waals surface area contributed by atoms with Crippen LogP contribution in [0.5, 0.6) is 0 Å². The first kappa shape index (κ1) is 10.3. The van der Waals surface area contributed by atoms with Crippen LogP contribution >= 0.6 is 11.6 Å². The molecular weight excluding hydrogens is 206 g/mol. The number of hydrogen-bond donors (Lipinski definition) is 1. The summed E-state index contributed by atoms with van der Waals surface area (Å²) < 4.78 is 0. The third-order valence-corrected chi connectivity index (χ3v) is 2.91. The maximum absolute atomic E-state index is 6.02. The molecule has 0 radical (unpaired) electrons. The molecule has 78 valence electrons. The summed E-state index contributed by atoms with van der Waals surface area (Å²) in [5.41, 5.74) is 5.01. The highest BCUT2D eigenvalue weighted by Gasteiger charge is 2.07. The largest absolute Gasteiger partial charge is 0.364 e. The molecule has 0 aliphatic rings. The summed E-state index contributed by atoms with van der Waals surface area (Å²) in [7, 11) is 0. The van der Waals surface area contributed by atoms with Crippen molar-refractivity contribution in [3.8, 4) is 11.1 Å². The molecule has 1 N–H and O–H groups in total. The molecule has 0 saturated carbocycles. The molecule has 2 rings (SSSR count). The normalized spacial score (nSPS) is 10.6. The molecule has 1 aromatic carbocycles. The van der Waals surface area contributed by atoms with Crippen molar-refractivity contribution < 1.29 is 0 Å². The molecule has 15 heavy (non-hydrogen) atoms. The van der Waals surface area contributed by atoms with Gasteiger partial charge in [0.25, 0.3) is 0 Å². The molecule has 0 atom stereocenters. The number of H-pyrrole nitrogens is 1. The summed E-state index contributed by atoms with van der Waals surface area (Å²) in [6.45, 7) is 4.26. The van der Waals surface area contributed by atoms with Gasteiger partial charge in [-0.05, 0) is 42.7 Å². The van der Waals surface area contributed by atoms with Crippen molar-refractivity contribution in [3.05, 3.63) is 46.7 Å². The van der Waals surface area contributed by atoms with Crippen molar-refractivity contribution in [2.75, 3.05) is 0 Å². The first-order valence-electron chi connectivity index (χ1n) is 5.15. The molecule has 0 aliphatic heterocycles. The molecule has 0 spiro atoms. The zero-order chi connectivity index (χ0) is 10.8. The van der Waals surface area contributed by atoms with Gasteiger partial charge >= 0.3 is 0 Å². The third-order valence-electron chi connectivity index (χ3n) is 2.68. The Morgan fingerprint density at radius 3 is 2.73 bits per heavy atom. The first-order valence-corrected chi connectivity index (χ1v) is 5.53. The zero-order valence-electron chi connectivity index (χ0n) is 8.97. The van der Waals surface area contributed by atoms with Crippen LogP contribution in [0.25, 0.3) is 11.1 Å². The van der Waals surface area contributed by atoms with Gasteiger partial charge in [-0.25, -0.2) is 0 Å². The SMILES string of the molecule is CCc1[nH]ccc1-c1cc(Cl)ccc1C. The van der Waals surface area contributed by atoms with E-state index in [4.69, 9.17) is 11.6 Å². The Labute approximate surface area is 95.1 Å². The monoisotopic (exact) mass is 219 g/mol. The molecular formula is C13H14ClN. The van der Waals surface area contributed by atoms with E-state index < -0.39 is 0 Å². The highest BCUT2D eigenvalue weighted by Crippen LogP contribution is 2.29. The van der Waals surface area contributed by atoms with Gasteiger partial charge in [-0.1, -0.05) is 24.6 Å². The number of halogens is 1. The number of nitrogens with one attached hydrogen (secondary N) is 1. The lowest BCUT2D eigenvalue weighted by molar-refractivity contribution is 1.06. The summed E-state index contributed by atoms with van der Waals surface area (Å²) in [6, 6.07) is 8.12. The number of hydrogen-bond acceptors (Lipinski definition) is 0. The number of rotatable bonds is 2. The van der Waals surface area contributed by atoms with Gasteiger partial charge in [0.05, 0.1) is 0 Å². The molecule has 1 heterocycles. The molecule has 0 amide bonds. The van der Waals surface area contributed by atoms with Crippen molar-refractivity contribution in [1.82, 2.24) is 4.98 Å². The second kappa shape index (κ2) is 4.11. The van der Waals surface area contributed by atoms with Crippen LogP contribution in [0.3, 0.4) is 0 Å². The summed E-state index contributed by atoms with van der Waals surface area (Å²) in [4.78, 5) is 3.26. The summed E-state index contributed by atoms with van der Waals surface area (Å²) >= 11 is 6.02. The highest BCUT2D eigenvalue weighted by molar-refractivity contribution is 6.30. The fourth-order valence-corrected chi connectivity index (χ4v) is 2.01. The summed E-state index contributed by atoms with van der Waals surface area (Å²) in [6.07, 6.45) is 2.99. The van der Waals surface area contributed by atoms with Crippen LogP contribution in [0, 0.1) is 6.92 Å². The highest BCUT2D eigenvalue weighted by atomic mass is 35.5. The predicted molar refractivity (Wildman–Crippen MR) is 65.4 cm³/mol. The molecule has 0 fully saturated rings. The van der Waals surface area contributed by atoms with Gasteiger partial charge in [0, 0.05) is 22.5 Å². The van der Waals surface area contributed by atoms with Gasteiger partial charge in [0.2, 0.25) is 0 Å². The van der Waals surface area contributed by atoms with Crippen molar-refractivity contribution in [2.24, 2.45) is 0 Å². The van der Waals surface area contributed by atoms with Gasteiger partial charge in [-0.2, -0.15) is 0 Å². The minimum Gasteiger partial charge on any atom is -0.364 e. The van der Waals surface area contributed by atoms with E-state index in [0.29, 0.717) is 0 Å². The fourth-order valence-electron chi connectivity index (χ4n) is 1.83. The average Bonchev–Trinajstić information content (AvgIpc) is 2.69. The minimum absolute atomic E-state index is 0.791. The maximum Gasteiger partial charge on any atom is 0.0412 e. The van der Waals surface area contributed by atoms with E-state index in [1.165, 1.54) is 22.4 Å². The molecule has 2 aromatic rings. The van der Waals surface area contributed by atoms with Gasteiger partial charge < -0.3 is 4.98 Å². The molecule has 1 aromatic heterocycles. The van der Waals surface area contributed by atoms with Crippen LogP contribution in [-0.4, -0.2) is 4.98 Å². The van der Waals surface area contributed by atoms with E-state index in [-0.39, 0.29) is 0 Å². The van der Waals surface area contributed by atoms with E-state index in [2.05, 4.69) is 31.0 Å². The van der Waals surface area contributed by atoms with Crippen molar-refractivity contribution in [3.63, 3.8) is 0 Å². The van der Waals surface area contributed by atoms with Gasteiger partial charge in [-0.15, -0.1) is 0 Å². The van der Waals surface area contributed by atoms with E-state index in [1.54, 1.807) is 0 Å². The van der Waals surface area contributed by atoms with Gasteiger partial charge in [-0.3, -0.25) is 0 Å². The first-order chi connectivity index (χ1) is 7.22. The minimum atomic E-state index is 0.791. The second-order valence-electron chi connectivity index (χ2n) is 3.68. The van der Waals surface area contributed by atoms with Gasteiger partial charge in [0.1, 0.15) is 0 Å². The fraction of sp³-hybridized carbons (Fsp3) is 0.231. The molecule has 0 aliphatic carbocycles. The molecule has 1 nitrogen and oxygen atoms in total. The molecule has 2 heteroatoms. The van der Waals surface area contributed by atoms with E-state index in [0.717, 1.165) is 11.4 Å². The number of aryl methyl sites for hydroxylation is 2. The lowest BCUT2D eigenvalue weighted by Gasteiger charge is -2.06.